The molecule has 2 aromatic carbocycles. The minimum absolute atomic E-state index is 1.08. The number of anilines is 2. The Morgan fingerprint density at radius 2 is 1.65 bits per heavy atom. The van der Waals surface area contributed by atoms with Gasteiger partial charge in [0.05, 0.1) is 5.69 Å². The summed E-state index contributed by atoms with van der Waals surface area (Å²) in [7, 11) is 2.13. The van der Waals surface area contributed by atoms with Crippen molar-refractivity contribution in [2.24, 2.45) is 0 Å². The summed E-state index contributed by atoms with van der Waals surface area (Å²) in [5, 5.41) is 4.27. The Morgan fingerprint density at radius 3 is 2.39 bits per heavy atom. The van der Waals surface area contributed by atoms with Crippen LogP contribution in [0.1, 0.15) is 24.0 Å². The van der Waals surface area contributed by atoms with Gasteiger partial charge in [-0.3, -0.25) is 0 Å². The largest absolute Gasteiger partial charge is 0.345 e. The van der Waals surface area contributed by atoms with Crippen molar-refractivity contribution in [2.75, 3.05) is 11.9 Å². The molecular weight excluding hydrogens is 282 g/mol. The minimum atomic E-state index is 1.08. The molecule has 0 saturated heterocycles. The van der Waals surface area contributed by atoms with Crippen molar-refractivity contribution in [3.8, 4) is 5.69 Å². The minimum Gasteiger partial charge on any atom is -0.345 e. The predicted molar refractivity (Wildman–Crippen MR) is 94.7 cm³/mol. The molecule has 116 valence electrons. The van der Waals surface area contributed by atoms with Gasteiger partial charge in [0.25, 0.3) is 0 Å². The molecule has 0 atom stereocenters. The zero-order valence-corrected chi connectivity index (χ0v) is 13.4. The molecule has 1 aliphatic carbocycles. The Kier molecular flexibility index (Phi) is 3.62. The second kappa shape index (κ2) is 5.92. The molecule has 3 aromatic rings. The molecule has 0 fully saturated rings. The van der Waals surface area contributed by atoms with Gasteiger partial charge in [0.2, 0.25) is 0 Å². The van der Waals surface area contributed by atoms with Crippen LogP contribution in [0.4, 0.5) is 11.4 Å². The molecule has 0 saturated carbocycles. The monoisotopic (exact) mass is 303 g/mol. The summed E-state index contributed by atoms with van der Waals surface area (Å²) in [5.74, 6) is 0. The molecule has 1 aromatic heterocycles. The Labute approximate surface area is 137 Å². The highest BCUT2D eigenvalue weighted by Crippen LogP contribution is 2.29. The number of benzene rings is 2. The SMILES string of the molecule is CN(c1ccc(-n2cccn2)cc1)c1ccc2c(c1)CCCC2. The fraction of sp³-hybridized carbons (Fsp3) is 0.250. The van der Waals surface area contributed by atoms with Crippen LogP contribution in [-0.4, -0.2) is 16.8 Å². The van der Waals surface area contributed by atoms with E-state index in [-0.39, 0.29) is 0 Å². The lowest BCUT2D eigenvalue weighted by Gasteiger charge is -2.23. The Morgan fingerprint density at radius 1 is 0.913 bits per heavy atom. The summed E-state index contributed by atoms with van der Waals surface area (Å²) in [4.78, 5) is 2.25. The van der Waals surface area contributed by atoms with E-state index in [9.17, 15) is 0 Å². The lowest BCUT2D eigenvalue weighted by Crippen LogP contribution is -2.11. The molecule has 0 unspecified atom stereocenters. The summed E-state index contributed by atoms with van der Waals surface area (Å²) in [6.07, 6.45) is 8.86. The third-order valence-corrected chi connectivity index (χ3v) is 4.73. The number of aromatic nitrogens is 2. The van der Waals surface area contributed by atoms with Gasteiger partial charge in [0.1, 0.15) is 0 Å². The number of fused-ring (bicyclic) bond motifs is 1. The highest BCUT2D eigenvalue weighted by molar-refractivity contribution is 5.65. The van der Waals surface area contributed by atoms with Gasteiger partial charge in [-0.2, -0.15) is 5.10 Å². The molecule has 0 aliphatic heterocycles. The summed E-state index contributed by atoms with van der Waals surface area (Å²) in [5.41, 5.74) is 6.59. The highest BCUT2D eigenvalue weighted by atomic mass is 15.3. The third kappa shape index (κ3) is 2.74. The van der Waals surface area contributed by atoms with Crippen LogP contribution in [0.5, 0.6) is 0 Å². The number of nitrogens with zero attached hydrogens (tertiary/aromatic N) is 3. The van der Waals surface area contributed by atoms with E-state index >= 15 is 0 Å². The summed E-state index contributed by atoms with van der Waals surface area (Å²) < 4.78 is 1.88. The van der Waals surface area contributed by atoms with E-state index in [0.717, 1.165) is 5.69 Å². The zero-order chi connectivity index (χ0) is 15.6. The van der Waals surface area contributed by atoms with Crippen LogP contribution < -0.4 is 4.90 Å². The van der Waals surface area contributed by atoms with E-state index in [1.165, 1.54) is 48.2 Å². The first-order valence-electron chi connectivity index (χ1n) is 8.27. The Hall–Kier alpha value is -2.55. The standard InChI is InChI=1S/C20H21N3/c1-22(20-8-7-16-5-2-3-6-17(16)15-20)18-9-11-19(12-10-18)23-14-4-13-21-23/h4,7-15H,2-3,5-6H2,1H3. The zero-order valence-electron chi connectivity index (χ0n) is 13.4. The topological polar surface area (TPSA) is 21.1 Å². The van der Waals surface area contributed by atoms with Crippen molar-refractivity contribution < 1.29 is 0 Å². The first-order valence-corrected chi connectivity index (χ1v) is 8.27. The van der Waals surface area contributed by atoms with Crippen molar-refractivity contribution in [1.29, 1.82) is 0 Å². The molecular formula is C20H21N3. The van der Waals surface area contributed by atoms with Gasteiger partial charge in [-0.15, -0.1) is 0 Å². The Bertz CT molecular complexity index is 788. The van der Waals surface area contributed by atoms with E-state index < -0.39 is 0 Å². The van der Waals surface area contributed by atoms with Gasteiger partial charge in [0, 0.05) is 30.8 Å². The van der Waals surface area contributed by atoms with E-state index in [1.807, 2.05) is 16.9 Å². The molecule has 1 heterocycles. The van der Waals surface area contributed by atoms with Crippen molar-refractivity contribution >= 4 is 11.4 Å². The lowest BCUT2D eigenvalue weighted by atomic mass is 9.91. The molecule has 23 heavy (non-hydrogen) atoms. The fourth-order valence-electron chi connectivity index (χ4n) is 3.33. The van der Waals surface area contributed by atoms with E-state index in [2.05, 4.69) is 59.5 Å². The van der Waals surface area contributed by atoms with Gasteiger partial charge < -0.3 is 4.90 Å². The number of rotatable bonds is 3. The summed E-state index contributed by atoms with van der Waals surface area (Å²) in [6, 6.07) is 17.4. The maximum atomic E-state index is 4.27. The average Bonchev–Trinajstić information content (AvgIpc) is 3.15. The average molecular weight is 303 g/mol. The van der Waals surface area contributed by atoms with Crippen molar-refractivity contribution in [3.05, 3.63) is 72.1 Å². The first kappa shape index (κ1) is 14.1. The molecule has 0 N–H and O–H groups in total. The second-order valence-electron chi connectivity index (χ2n) is 6.19. The predicted octanol–water partition coefficient (Wildman–Crippen LogP) is 4.52. The molecule has 0 bridgehead atoms. The van der Waals surface area contributed by atoms with Crippen LogP contribution in [-0.2, 0) is 12.8 Å². The van der Waals surface area contributed by atoms with Crippen molar-refractivity contribution in [3.63, 3.8) is 0 Å². The lowest BCUT2D eigenvalue weighted by molar-refractivity contribution is 0.685. The fourth-order valence-corrected chi connectivity index (χ4v) is 3.33. The quantitative estimate of drug-likeness (QED) is 0.709. The maximum Gasteiger partial charge on any atom is 0.0647 e. The molecule has 4 rings (SSSR count). The van der Waals surface area contributed by atoms with Crippen molar-refractivity contribution in [2.45, 2.75) is 25.7 Å². The van der Waals surface area contributed by atoms with Gasteiger partial charge in [0.15, 0.2) is 0 Å². The smallest absolute Gasteiger partial charge is 0.0647 e. The van der Waals surface area contributed by atoms with Crippen LogP contribution in [0.3, 0.4) is 0 Å². The van der Waals surface area contributed by atoms with E-state index in [1.54, 1.807) is 6.20 Å². The molecule has 3 heteroatoms. The number of aryl methyl sites for hydroxylation is 2. The van der Waals surface area contributed by atoms with Crippen molar-refractivity contribution in [1.82, 2.24) is 9.78 Å². The van der Waals surface area contributed by atoms with E-state index in [0.29, 0.717) is 0 Å². The molecule has 0 amide bonds. The van der Waals surface area contributed by atoms with Crippen LogP contribution in [0.25, 0.3) is 5.69 Å². The van der Waals surface area contributed by atoms with Gasteiger partial charge in [-0.1, -0.05) is 6.07 Å². The Balaban J connectivity index is 1.60. The maximum absolute atomic E-state index is 4.27. The number of hydrogen-bond donors (Lipinski definition) is 0. The molecule has 0 radical (unpaired) electrons. The van der Waals surface area contributed by atoms with Crippen LogP contribution in [0, 0.1) is 0 Å². The molecule has 3 nitrogen and oxygen atoms in total. The summed E-state index contributed by atoms with van der Waals surface area (Å²) in [6.45, 7) is 0. The van der Waals surface area contributed by atoms with E-state index in [4.69, 9.17) is 0 Å². The molecule has 1 aliphatic rings. The van der Waals surface area contributed by atoms with Gasteiger partial charge >= 0.3 is 0 Å². The normalized spacial score (nSPS) is 13.6. The van der Waals surface area contributed by atoms with Gasteiger partial charge in [-0.05, 0) is 79.3 Å². The number of hydrogen-bond acceptors (Lipinski definition) is 2. The van der Waals surface area contributed by atoms with Crippen LogP contribution in [0.2, 0.25) is 0 Å². The highest BCUT2D eigenvalue weighted by Gasteiger charge is 2.12. The second-order valence-corrected chi connectivity index (χ2v) is 6.19. The molecule has 0 spiro atoms. The summed E-state index contributed by atoms with van der Waals surface area (Å²) >= 11 is 0. The van der Waals surface area contributed by atoms with Crippen LogP contribution >= 0.6 is 0 Å². The third-order valence-electron chi connectivity index (χ3n) is 4.73. The first-order chi connectivity index (χ1) is 11.3. The van der Waals surface area contributed by atoms with Gasteiger partial charge in [-0.25, -0.2) is 4.68 Å². The van der Waals surface area contributed by atoms with Crippen LogP contribution in [0.15, 0.2) is 60.9 Å².